The van der Waals surface area contributed by atoms with E-state index in [1.807, 2.05) is 12.1 Å². The standard InChI is InChI=1S/C23H26N2O4.2ClH/c1-27-20-10-8-18-9-11-21(26)29-22(18)23(20)28-17-5-12-24-13-15-25(16-14-24)19-6-3-2-4-7-19;;/h2-4,6-11H,5,12-17H2,1H3;2*1H. The number of anilines is 1. The summed E-state index contributed by atoms with van der Waals surface area (Å²) in [4.78, 5) is 16.5. The Balaban J connectivity index is 0.00000171. The molecule has 2 heterocycles. The van der Waals surface area contributed by atoms with Crippen molar-refractivity contribution >= 4 is 41.5 Å². The van der Waals surface area contributed by atoms with Gasteiger partial charge in [-0.05, 0) is 36.8 Å². The maximum atomic E-state index is 11.6. The summed E-state index contributed by atoms with van der Waals surface area (Å²) in [5.74, 6) is 1.07. The molecule has 1 aliphatic rings. The second kappa shape index (κ2) is 11.8. The van der Waals surface area contributed by atoms with Gasteiger partial charge in [-0.1, -0.05) is 18.2 Å². The van der Waals surface area contributed by atoms with Crippen LogP contribution in [-0.2, 0) is 0 Å². The smallest absolute Gasteiger partial charge is 0.336 e. The molecule has 4 rings (SSSR count). The van der Waals surface area contributed by atoms with Crippen molar-refractivity contribution in [3.8, 4) is 11.5 Å². The maximum Gasteiger partial charge on any atom is 0.336 e. The molecule has 168 valence electrons. The molecule has 0 unspecified atom stereocenters. The minimum absolute atomic E-state index is 0. The Morgan fingerprint density at radius 2 is 1.65 bits per heavy atom. The molecule has 6 nitrogen and oxygen atoms in total. The van der Waals surface area contributed by atoms with Crippen molar-refractivity contribution in [3.63, 3.8) is 0 Å². The first-order valence-electron chi connectivity index (χ1n) is 10.0. The van der Waals surface area contributed by atoms with E-state index in [4.69, 9.17) is 13.9 Å². The third kappa shape index (κ3) is 6.06. The third-order valence-corrected chi connectivity index (χ3v) is 5.29. The van der Waals surface area contributed by atoms with Crippen molar-refractivity contribution in [2.45, 2.75) is 6.42 Å². The molecule has 2 aromatic carbocycles. The first-order valence-corrected chi connectivity index (χ1v) is 10.0. The van der Waals surface area contributed by atoms with Crippen LogP contribution in [0.2, 0.25) is 0 Å². The van der Waals surface area contributed by atoms with Crippen molar-refractivity contribution in [3.05, 3.63) is 65.0 Å². The number of hydrogen-bond acceptors (Lipinski definition) is 6. The fourth-order valence-corrected chi connectivity index (χ4v) is 3.72. The summed E-state index contributed by atoms with van der Waals surface area (Å²) in [5, 5.41) is 0.817. The summed E-state index contributed by atoms with van der Waals surface area (Å²) >= 11 is 0. The lowest BCUT2D eigenvalue weighted by atomic mass is 10.2. The zero-order chi connectivity index (χ0) is 20.1. The molecule has 0 bridgehead atoms. The molecule has 0 aliphatic carbocycles. The van der Waals surface area contributed by atoms with Gasteiger partial charge in [0.05, 0.1) is 13.7 Å². The molecule has 8 heteroatoms. The van der Waals surface area contributed by atoms with Gasteiger partial charge in [0.1, 0.15) is 0 Å². The predicted molar refractivity (Wildman–Crippen MR) is 129 cm³/mol. The molecule has 1 fully saturated rings. The summed E-state index contributed by atoms with van der Waals surface area (Å²) in [6.45, 7) is 5.66. The Morgan fingerprint density at radius 1 is 0.935 bits per heavy atom. The minimum atomic E-state index is -0.396. The van der Waals surface area contributed by atoms with E-state index in [1.165, 1.54) is 11.8 Å². The number of nitrogens with zero attached hydrogens (tertiary/aromatic N) is 2. The van der Waals surface area contributed by atoms with Gasteiger partial charge in [0, 0.05) is 49.9 Å². The second-order valence-electron chi connectivity index (χ2n) is 7.14. The molecule has 0 radical (unpaired) electrons. The molecule has 0 saturated carbocycles. The molecule has 1 aliphatic heterocycles. The van der Waals surface area contributed by atoms with Gasteiger partial charge in [-0.25, -0.2) is 4.79 Å². The van der Waals surface area contributed by atoms with Gasteiger partial charge in [0.25, 0.3) is 0 Å². The second-order valence-corrected chi connectivity index (χ2v) is 7.14. The van der Waals surface area contributed by atoms with Crippen LogP contribution in [0.15, 0.2) is 63.8 Å². The van der Waals surface area contributed by atoms with Crippen LogP contribution in [0.5, 0.6) is 11.5 Å². The van der Waals surface area contributed by atoms with Crippen LogP contribution in [-0.4, -0.2) is 51.3 Å². The fraction of sp³-hybridized carbons (Fsp3) is 0.348. The first-order chi connectivity index (χ1) is 14.2. The van der Waals surface area contributed by atoms with Gasteiger partial charge < -0.3 is 18.8 Å². The van der Waals surface area contributed by atoms with Crippen molar-refractivity contribution in [2.24, 2.45) is 0 Å². The number of halogens is 2. The fourth-order valence-electron chi connectivity index (χ4n) is 3.72. The van der Waals surface area contributed by atoms with Gasteiger partial charge >= 0.3 is 5.63 Å². The first kappa shape index (κ1) is 24.9. The highest BCUT2D eigenvalue weighted by Crippen LogP contribution is 2.34. The molecule has 0 atom stereocenters. The highest BCUT2D eigenvalue weighted by atomic mass is 35.5. The maximum absolute atomic E-state index is 11.6. The zero-order valence-electron chi connectivity index (χ0n) is 17.5. The summed E-state index contributed by atoms with van der Waals surface area (Å²) in [5.41, 5.74) is 1.33. The Labute approximate surface area is 194 Å². The van der Waals surface area contributed by atoms with Crippen molar-refractivity contribution in [1.29, 1.82) is 0 Å². The van der Waals surface area contributed by atoms with Gasteiger partial charge in [-0.3, -0.25) is 4.90 Å². The van der Waals surface area contributed by atoms with Gasteiger partial charge in [-0.15, -0.1) is 24.8 Å². The number of ether oxygens (including phenoxy) is 2. The largest absolute Gasteiger partial charge is 0.493 e. The highest BCUT2D eigenvalue weighted by Gasteiger charge is 2.17. The van der Waals surface area contributed by atoms with Crippen LogP contribution in [0.4, 0.5) is 5.69 Å². The predicted octanol–water partition coefficient (Wildman–Crippen LogP) is 4.24. The van der Waals surface area contributed by atoms with Crippen LogP contribution in [0.25, 0.3) is 11.0 Å². The van der Waals surface area contributed by atoms with E-state index in [0.717, 1.165) is 44.5 Å². The third-order valence-electron chi connectivity index (χ3n) is 5.29. The summed E-state index contributed by atoms with van der Waals surface area (Å²) < 4.78 is 16.7. The quantitative estimate of drug-likeness (QED) is 0.383. The number of hydrogen-bond donors (Lipinski definition) is 0. The Bertz CT molecular complexity index is 1010. The van der Waals surface area contributed by atoms with Crippen molar-refractivity contribution < 1.29 is 13.9 Å². The average molecular weight is 467 g/mol. The van der Waals surface area contributed by atoms with Crippen LogP contribution >= 0.6 is 24.8 Å². The van der Waals surface area contributed by atoms with E-state index in [9.17, 15) is 4.79 Å². The van der Waals surface area contributed by atoms with Crippen LogP contribution in [0.1, 0.15) is 6.42 Å². The van der Waals surface area contributed by atoms with Crippen molar-refractivity contribution in [2.75, 3.05) is 51.3 Å². The zero-order valence-corrected chi connectivity index (χ0v) is 19.1. The highest BCUT2D eigenvalue weighted by molar-refractivity contribution is 5.86. The monoisotopic (exact) mass is 466 g/mol. The van der Waals surface area contributed by atoms with Gasteiger partial charge in [0.15, 0.2) is 11.3 Å². The number of benzene rings is 2. The average Bonchev–Trinajstić information content (AvgIpc) is 2.77. The molecule has 1 saturated heterocycles. The normalized spacial score (nSPS) is 13.9. The Morgan fingerprint density at radius 3 is 2.35 bits per heavy atom. The molecule has 0 amide bonds. The lowest BCUT2D eigenvalue weighted by molar-refractivity contribution is 0.221. The molecule has 31 heavy (non-hydrogen) atoms. The van der Waals surface area contributed by atoms with Crippen LogP contribution < -0.4 is 20.0 Å². The van der Waals surface area contributed by atoms with E-state index in [0.29, 0.717) is 23.7 Å². The van der Waals surface area contributed by atoms with Gasteiger partial charge in [-0.2, -0.15) is 0 Å². The molecule has 0 spiro atoms. The number of methoxy groups -OCH3 is 1. The lowest BCUT2D eigenvalue weighted by Gasteiger charge is -2.36. The van der Waals surface area contributed by atoms with E-state index in [1.54, 1.807) is 13.2 Å². The van der Waals surface area contributed by atoms with Crippen LogP contribution in [0.3, 0.4) is 0 Å². The van der Waals surface area contributed by atoms with E-state index < -0.39 is 5.63 Å². The molecular formula is C23H28Cl2N2O4. The Hall–Kier alpha value is -2.41. The molecule has 0 N–H and O–H groups in total. The number of rotatable bonds is 7. The number of fused-ring (bicyclic) bond motifs is 1. The number of para-hydroxylation sites is 1. The summed E-state index contributed by atoms with van der Waals surface area (Å²) in [6.07, 6.45) is 0.891. The van der Waals surface area contributed by atoms with E-state index in [2.05, 4.69) is 40.1 Å². The molecule has 1 aromatic heterocycles. The lowest BCUT2D eigenvalue weighted by Crippen LogP contribution is -2.46. The van der Waals surface area contributed by atoms with E-state index >= 15 is 0 Å². The summed E-state index contributed by atoms with van der Waals surface area (Å²) in [7, 11) is 1.58. The summed E-state index contributed by atoms with van der Waals surface area (Å²) in [6, 6.07) is 17.4. The van der Waals surface area contributed by atoms with Gasteiger partial charge in [0.2, 0.25) is 5.75 Å². The molecular weight excluding hydrogens is 439 g/mol. The minimum Gasteiger partial charge on any atom is -0.493 e. The Kier molecular flexibility index (Phi) is 9.49. The van der Waals surface area contributed by atoms with E-state index in [-0.39, 0.29) is 24.8 Å². The molecule has 3 aromatic rings. The SMILES string of the molecule is COc1ccc2ccc(=O)oc2c1OCCCN1CCN(c2ccccc2)CC1.Cl.Cl. The van der Waals surface area contributed by atoms with Crippen molar-refractivity contribution in [1.82, 2.24) is 4.90 Å². The van der Waals surface area contributed by atoms with Crippen LogP contribution in [0, 0.1) is 0 Å². The number of piperazine rings is 1. The topological polar surface area (TPSA) is 55.2 Å².